The summed E-state index contributed by atoms with van der Waals surface area (Å²) in [5, 5.41) is 5.82. The van der Waals surface area contributed by atoms with Crippen molar-refractivity contribution in [2.75, 3.05) is 10.6 Å². The van der Waals surface area contributed by atoms with Crippen LogP contribution in [0.1, 0.15) is 52.7 Å². The van der Waals surface area contributed by atoms with Crippen LogP contribution in [0.2, 0.25) is 0 Å². The van der Waals surface area contributed by atoms with Gasteiger partial charge in [0.1, 0.15) is 0 Å². The summed E-state index contributed by atoms with van der Waals surface area (Å²) in [6.07, 6.45) is 0. The molecular weight excluding hydrogens is 296 g/mol. The third-order valence-electron chi connectivity index (χ3n) is 3.97. The molecule has 0 aromatic heterocycles. The van der Waals surface area contributed by atoms with Crippen LogP contribution in [0.25, 0.3) is 0 Å². The van der Waals surface area contributed by atoms with Crippen LogP contribution < -0.4 is 10.6 Å². The van der Waals surface area contributed by atoms with Gasteiger partial charge in [0.2, 0.25) is 0 Å². The van der Waals surface area contributed by atoms with Crippen LogP contribution in [0.3, 0.4) is 0 Å². The molecule has 0 heterocycles. The highest BCUT2D eigenvalue weighted by molar-refractivity contribution is 5.99. The predicted molar refractivity (Wildman–Crippen MR) is 103 cm³/mol. The van der Waals surface area contributed by atoms with E-state index in [1.165, 1.54) is 11.1 Å². The summed E-state index contributed by atoms with van der Waals surface area (Å²) in [4.78, 5) is 12.3. The summed E-state index contributed by atoms with van der Waals surface area (Å²) in [6.45, 7) is 12.9. The zero-order valence-electron chi connectivity index (χ0n) is 15.5. The molecule has 2 amide bonds. The van der Waals surface area contributed by atoms with E-state index in [4.69, 9.17) is 0 Å². The van der Waals surface area contributed by atoms with Crippen LogP contribution >= 0.6 is 0 Å². The third kappa shape index (κ3) is 4.85. The van der Waals surface area contributed by atoms with Gasteiger partial charge < -0.3 is 10.6 Å². The normalized spacial score (nSPS) is 11.9. The number of hydrogen-bond acceptors (Lipinski definition) is 1. The molecule has 128 valence electrons. The fraction of sp³-hybridized carbons (Fsp3) is 0.381. The van der Waals surface area contributed by atoms with E-state index in [1.807, 2.05) is 36.4 Å². The lowest BCUT2D eigenvalue weighted by atomic mass is 9.87. The van der Waals surface area contributed by atoms with Crippen molar-refractivity contribution in [1.29, 1.82) is 0 Å². The molecule has 0 saturated carbocycles. The molecule has 0 aliphatic rings. The van der Waals surface area contributed by atoms with Gasteiger partial charge >= 0.3 is 6.03 Å². The average Bonchev–Trinajstić information content (AvgIpc) is 2.46. The van der Waals surface area contributed by atoms with Gasteiger partial charge in [-0.15, -0.1) is 0 Å². The van der Waals surface area contributed by atoms with Gasteiger partial charge in [-0.2, -0.15) is 0 Å². The van der Waals surface area contributed by atoms with Gasteiger partial charge in [0.25, 0.3) is 0 Å². The zero-order valence-corrected chi connectivity index (χ0v) is 15.5. The van der Waals surface area contributed by atoms with E-state index in [0.29, 0.717) is 0 Å². The minimum absolute atomic E-state index is 0.0508. The Balaban J connectivity index is 2.09. The molecule has 2 N–H and O–H groups in total. The Morgan fingerprint density at radius 1 is 0.708 bits per heavy atom. The maximum absolute atomic E-state index is 12.3. The van der Waals surface area contributed by atoms with Gasteiger partial charge in [-0.25, -0.2) is 4.79 Å². The first-order valence-corrected chi connectivity index (χ1v) is 8.35. The highest BCUT2D eigenvalue weighted by atomic mass is 16.2. The molecule has 3 heteroatoms. The van der Waals surface area contributed by atoms with Crippen molar-refractivity contribution in [3.05, 3.63) is 59.7 Å². The van der Waals surface area contributed by atoms with E-state index in [0.717, 1.165) is 11.4 Å². The molecule has 2 rings (SSSR count). The van der Waals surface area contributed by atoms with Gasteiger partial charge in [-0.1, -0.05) is 65.8 Å². The highest BCUT2D eigenvalue weighted by Crippen LogP contribution is 2.26. The van der Waals surface area contributed by atoms with Crippen molar-refractivity contribution in [2.24, 2.45) is 0 Å². The quantitative estimate of drug-likeness (QED) is 0.706. The summed E-state index contributed by atoms with van der Waals surface area (Å²) >= 11 is 0. The Morgan fingerprint density at radius 2 is 1.08 bits per heavy atom. The van der Waals surface area contributed by atoms with E-state index >= 15 is 0 Å². The SMILES string of the molecule is CC(C)(C)c1cccc(NC(=O)Nc2cccc(C(C)(C)C)c2)c1. The van der Waals surface area contributed by atoms with Crippen molar-refractivity contribution < 1.29 is 4.79 Å². The van der Waals surface area contributed by atoms with Crippen molar-refractivity contribution in [3.8, 4) is 0 Å². The lowest BCUT2D eigenvalue weighted by Gasteiger charge is -2.20. The average molecular weight is 324 g/mol. The molecule has 0 aliphatic heterocycles. The van der Waals surface area contributed by atoms with Crippen LogP contribution in [-0.2, 0) is 10.8 Å². The molecule has 0 aliphatic carbocycles. The second-order valence-electron chi connectivity index (χ2n) is 8.24. The number of urea groups is 1. The minimum atomic E-state index is -0.230. The fourth-order valence-electron chi connectivity index (χ4n) is 2.42. The third-order valence-corrected chi connectivity index (χ3v) is 3.97. The second-order valence-corrected chi connectivity index (χ2v) is 8.24. The molecule has 0 unspecified atom stereocenters. The van der Waals surface area contributed by atoms with Crippen LogP contribution in [0, 0.1) is 0 Å². The Kier molecular flexibility index (Phi) is 5.02. The largest absolute Gasteiger partial charge is 0.323 e. The molecule has 0 atom stereocenters. The van der Waals surface area contributed by atoms with E-state index in [2.05, 4.69) is 64.3 Å². The van der Waals surface area contributed by atoms with Crippen LogP contribution in [0.5, 0.6) is 0 Å². The Labute approximate surface area is 145 Å². The molecule has 0 saturated heterocycles. The zero-order chi connectivity index (χ0) is 18.0. The van der Waals surface area contributed by atoms with Crippen LogP contribution in [-0.4, -0.2) is 6.03 Å². The molecule has 2 aromatic rings. The van der Waals surface area contributed by atoms with Gasteiger partial charge in [-0.3, -0.25) is 0 Å². The van der Waals surface area contributed by atoms with Gasteiger partial charge in [0, 0.05) is 11.4 Å². The molecular formula is C21H28N2O. The van der Waals surface area contributed by atoms with Crippen LogP contribution in [0.4, 0.5) is 16.2 Å². The Morgan fingerprint density at radius 3 is 1.42 bits per heavy atom. The Bertz CT molecular complexity index is 660. The monoisotopic (exact) mass is 324 g/mol. The highest BCUT2D eigenvalue weighted by Gasteiger charge is 2.15. The molecule has 0 fully saturated rings. The number of benzene rings is 2. The van der Waals surface area contributed by atoms with Gasteiger partial charge in [0.05, 0.1) is 0 Å². The number of carbonyl (C=O) groups excluding carboxylic acids is 1. The maximum Gasteiger partial charge on any atom is 0.323 e. The number of hydrogen-bond donors (Lipinski definition) is 2. The molecule has 3 nitrogen and oxygen atoms in total. The van der Waals surface area contributed by atoms with Gasteiger partial charge in [0.15, 0.2) is 0 Å². The van der Waals surface area contributed by atoms with Gasteiger partial charge in [-0.05, 0) is 46.2 Å². The minimum Gasteiger partial charge on any atom is -0.308 e. The summed E-state index contributed by atoms with van der Waals surface area (Å²) in [5.74, 6) is 0. The smallest absolute Gasteiger partial charge is 0.308 e. The number of rotatable bonds is 2. The van der Waals surface area contributed by atoms with E-state index in [1.54, 1.807) is 0 Å². The van der Waals surface area contributed by atoms with E-state index in [9.17, 15) is 4.79 Å². The molecule has 0 spiro atoms. The van der Waals surface area contributed by atoms with Crippen molar-refractivity contribution >= 4 is 17.4 Å². The number of nitrogens with one attached hydrogen (secondary N) is 2. The molecule has 24 heavy (non-hydrogen) atoms. The molecule has 0 bridgehead atoms. The molecule has 2 aromatic carbocycles. The number of carbonyl (C=O) groups is 1. The van der Waals surface area contributed by atoms with E-state index in [-0.39, 0.29) is 16.9 Å². The first-order valence-electron chi connectivity index (χ1n) is 8.35. The standard InChI is InChI=1S/C21H28N2O/c1-20(2,3)15-9-7-11-17(13-15)22-19(24)23-18-12-8-10-16(14-18)21(4,5)6/h7-14H,1-6H3,(H2,22,23,24). The van der Waals surface area contributed by atoms with Crippen molar-refractivity contribution in [3.63, 3.8) is 0 Å². The van der Waals surface area contributed by atoms with Crippen molar-refractivity contribution in [1.82, 2.24) is 0 Å². The lowest BCUT2D eigenvalue weighted by Crippen LogP contribution is -2.20. The van der Waals surface area contributed by atoms with Crippen molar-refractivity contribution in [2.45, 2.75) is 52.4 Å². The first kappa shape index (κ1) is 18.1. The fourth-order valence-corrected chi connectivity index (χ4v) is 2.42. The lowest BCUT2D eigenvalue weighted by molar-refractivity contribution is 0.262. The number of anilines is 2. The molecule has 0 radical (unpaired) electrons. The summed E-state index contributed by atoms with van der Waals surface area (Å²) in [6, 6.07) is 15.7. The first-order chi connectivity index (χ1) is 11.1. The summed E-state index contributed by atoms with van der Waals surface area (Å²) < 4.78 is 0. The predicted octanol–water partition coefficient (Wildman–Crippen LogP) is 5.93. The maximum atomic E-state index is 12.3. The summed E-state index contributed by atoms with van der Waals surface area (Å²) in [5.41, 5.74) is 4.08. The second kappa shape index (κ2) is 6.68. The Hall–Kier alpha value is -2.29. The summed E-state index contributed by atoms with van der Waals surface area (Å²) in [7, 11) is 0. The van der Waals surface area contributed by atoms with E-state index < -0.39 is 0 Å². The number of amides is 2. The topological polar surface area (TPSA) is 41.1 Å². The van der Waals surface area contributed by atoms with Crippen LogP contribution in [0.15, 0.2) is 48.5 Å².